The molecule has 0 bridgehead atoms. The summed E-state index contributed by atoms with van der Waals surface area (Å²) in [6.07, 6.45) is 3.16. The minimum absolute atomic E-state index is 0.538. The van der Waals surface area contributed by atoms with Gasteiger partial charge in [-0.3, -0.25) is 4.98 Å². The second-order valence-corrected chi connectivity index (χ2v) is 4.36. The first-order chi connectivity index (χ1) is 8.67. The molecule has 0 unspecified atom stereocenters. The van der Waals surface area contributed by atoms with Crippen LogP contribution in [0.4, 0.5) is 0 Å². The molecule has 2 heterocycles. The highest BCUT2D eigenvalue weighted by Crippen LogP contribution is 2.22. The van der Waals surface area contributed by atoms with Crippen LogP contribution in [-0.4, -0.2) is 17.0 Å². The fourth-order valence-electron chi connectivity index (χ4n) is 1.63. The lowest BCUT2D eigenvalue weighted by molar-refractivity contribution is 0.458. The van der Waals surface area contributed by atoms with Gasteiger partial charge in [-0.25, -0.2) is 4.98 Å². The van der Waals surface area contributed by atoms with Crippen molar-refractivity contribution in [2.45, 2.75) is 13.5 Å². The van der Waals surface area contributed by atoms with E-state index in [2.05, 4.69) is 15.3 Å². The number of pyridine rings is 2. The fraction of sp³-hybridized carbons (Fsp3) is 0.231. The molecule has 4 nitrogen and oxygen atoms in total. The lowest BCUT2D eigenvalue weighted by Gasteiger charge is -2.08. The van der Waals surface area contributed by atoms with E-state index in [0.717, 1.165) is 17.8 Å². The molecule has 0 saturated heterocycles. The van der Waals surface area contributed by atoms with E-state index in [0.29, 0.717) is 16.7 Å². The van der Waals surface area contributed by atoms with Gasteiger partial charge in [-0.15, -0.1) is 0 Å². The van der Waals surface area contributed by atoms with Crippen LogP contribution in [0.25, 0.3) is 0 Å². The molecule has 2 rings (SSSR count). The van der Waals surface area contributed by atoms with Crippen LogP contribution in [0.2, 0.25) is 5.02 Å². The first-order valence-electron chi connectivity index (χ1n) is 5.58. The Morgan fingerprint density at radius 1 is 1.28 bits per heavy atom. The van der Waals surface area contributed by atoms with Crippen molar-refractivity contribution < 1.29 is 4.74 Å². The molecule has 0 radical (unpaired) electrons. The highest BCUT2D eigenvalue weighted by Gasteiger charge is 2.03. The predicted octanol–water partition coefficient (Wildman–Crippen LogP) is 2.95. The SMILES string of the molecule is CNCc1cc(C)nc(Oc2cncc(Cl)c2)c1. The fourth-order valence-corrected chi connectivity index (χ4v) is 1.80. The van der Waals surface area contributed by atoms with E-state index in [-0.39, 0.29) is 0 Å². The molecule has 0 fully saturated rings. The summed E-state index contributed by atoms with van der Waals surface area (Å²) in [5.74, 6) is 1.13. The van der Waals surface area contributed by atoms with Crippen molar-refractivity contribution in [1.82, 2.24) is 15.3 Å². The molecule has 0 aliphatic rings. The Hall–Kier alpha value is -1.65. The quantitative estimate of drug-likeness (QED) is 0.921. The zero-order valence-corrected chi connectivity index (χ0v) is 11.0. The number of rotatable bonds is 4. The van der Waals surface area contributed by atoms with Gasteiger partial charge in [0.15, 0.2) is 0 Å². The number of halogens is 1. The molecule has 0 atom stereocenters. The molecule has 0 amide bonds. The molecule has 18 heavy (non-hydrogen) atoms. The molecule has 0 aliphatic carbocycles. The number of hydrogen-bond acceptors (Lipinski definition) is 4. The monoisotopic (exact) mass is 263 g/mol. The number of aryl methyl sites for hydroxylation is 1. The Morgan fingerprint density at radius 2 is 2.11 bits per heavy atom. The van der Waals surface area contributed by atoms with E-state index in [1.54, 1.807) is 18.5 Å². The van der Waals surface area contributed by atoms with Crippen molar-refractivity contribution in [2.75, 3.05) is 7.05 Å². The molecule has 2 aromatic heterocycles. The third-order valence-corrected chi connectivity index (χ3v) is 2.48. The normalized spacial score (nSPS) is 10.4. The third-order valence-electron chi connectivity index (χ3n) is 2.27. The Balaban J connectivity index is 2.23. The maximum absolute atomic E-state index is 5.85. The molecule has 0 spiro atoms. The van der Waals surface area contributed by atoms with Crippen LogP contribution in [0.5, 0.6) is 11.6 Å². The molecule has 0 aliphatic heterocycles. The lowest BCUT2D eigenvalue weighted by atomic mass is 10.2. The van der Waals surface area contributed by atoms with Crippen LogP contribution in [0, 0.1) is 6.92 Å². The standard InChI is InChI=1S/C13H14ClN3O/c1-9-3-10(6-15-2)4-13(17-9)18-12-5-11(14)7-16-8-12/h3-5,7-8,15H,6H2,1-2H3. The van der Waals surface area contributed by atoms with E-state index in [1.165, 1.54) is 0 Å². The average molecular weight is 264 g/mol. The van der Waals surface area contributed by atoms with Gasteiger partial charge < -0.3 is 10.1 Å². The molecule has 1 N–H and O–H groups in total. The van der Waals surface area contributed by atoms with Crippen molar-refractivity contribution in [2.24, 2.45) is 0 Å². The number of nitrogens with one attached hydrogen (secondary N) is 1. The van der Waals surface area contributed by atoms with Gasteiger partial charge in [0.25, 0.3) is 0 Å². The summed E-state index contributed by atoms with van der Waals surface area (Å²) in [5.41, 5.74) is 2.03. The molecule has 94 valence electrons. The van der Waals surface area contributed by atoms with E-state index in [4.69, 9.17) is 16.3 Å². The second kappa shape index (κ2) is 5.80. The zero-order valence-electron chi connectivity index (χ0n) is 10.3. The Morgan fingerprint density at radius 3 is 2.83 bits per heavy atom. The average Bonchev–Trinajstić information content (AvgIpc) is 2.28. The van der Waals surface area contributed by atoms with Crippen LogP contribution in [0.15, 0.2) is 30.6 Å². The molecule has 0 aromatic carbocycles. The summed E-state index contributed by atoms with van der Waals surface area (Å²) >= 11 is 5.85. The Bertz CT molecular complexity index is 546. The topological polar surface area (TPSA) is 47.0 Å². The minimum atomic E-state index is 0.538. The van der Waals surface area contributed by atoms with Crippen molar-refractivity contribution in [1.29, 1.82) is 0 Å². The van der Waals surface area contributed by atoms with Gasteiger partial charge in [0.05, 0.1) is 11.2 Å². The Labute approximate surface area is 111 Å². The Kier molecular flexibility index (Phi) is 4.12. The number of aromatic nitrogens is 2. The lowest BCUT2D eigenvalue weighted by Crippen LogP contribution is -2.06. The van der Waals surface area contributed by atoms with Gasteiger partial charge in [0.2, 0.25) is 5.88 Å². The first kappa shape index (κ1) is 12.8. The predicted molar refractivity (Wildman–Crippen MR) is 71.1 cm³/mol. The molecule has 2 aromatic rings. The van der Waals surface area contributed by atoms with Crippen LogP contribution >= 0.6 is 11.6 Å². The van der Waals surface area contributed by atoms with Crippen molar-refractivity contribution in [3.63, 3.8) is 0 Å². The minimum Gasteiger partial charge on any atom is -0.437 e. The number of nitrogens with zero attached hydrogens (tertiary/aromatic N) is 2. The van der Waals surface area contributed by atoms with E-state index in [1.807, 2.05) is 26.1 Å². The summed E-state index contributed by atoms with van der Waals surface area (Å²) in [7, 11) is 1.90. The molecular weight excluding hydrogens is 250 g/mol. The van der Waals surface area contributed by atoms with E-state index in [9.17, 15) is 0 Å². The molecule has 5 heteroatoms. The van der Waals surface area contributed by atoms with Crippen LogP contribution < -0.4 is 10.1 Å². The van der Waals surface area contributed by atoms with Gasteiger partial charge >= 0.3 is 0 Å². The van der Waals surface area contributed by atoms with Gasteiger partial charge in [0.1, 0.15) is 5.75 Å². The smallest absolute Gasteiger partial charge is 0.219 e. The van der Waals surface area contributed by atoms with Gasteiger partial charge in [-0.1, -0.05) is 11.6 Å². The van der Waals surface area contributed by atoms with Gasteiger partial charge in [-0.05, 0) is 25.6 Å². The maximum atomic E-state index is 5.85. The highest BCUT2D eigenvalue weighted by molar-refractivity contribution is 6.30. The summed E-state index contributed by atoms with van der Waals surface area (Å²) in [5, 5.41) is 3.63. The number of ether oxygens (including phenoxy) is 1. The summed E-state index contributed by atoms with van der Waals surface area (Å²) in [6.45, 7) is 2.70. The van der Waals surface area contributed by atoms with E-state index < -0.39 is 0 Å². The van der Waals surface area contributed by atoms with Gasteiger partial charge in [-0.2, -0.15) is 0 Å². The molecular formula is C13H14ClN3O. The highest BCUT2D eigenvalue weighted by atomic mass is 35.5. The van der Waals surface area contributed by atoms with Crippen molar-refractivity contribution in [3.05, 3.63) is 46.9 Å². The summed E-state index contributed by atoms with van der Waals surface area (Å²) in [6, 6.07) is 5.61. The van der Waals surface area contributed by atoms with Crippen LogP contribution in [0.3, 0.4) is 0 Å². The largest absolute Gasteiger partial charge is 0.437 e. The second-order valence-electron chi connectivity index (χ2n) is 3.93. The molecule has 0 saturated carbocycles. The van der Waals surface area contributed by atoms with Crippen molar-refractivity contribution >= 4 is 11.6 Å². The third kappa shape index (κ3) is 3.42. The first-order valence-corrected chi connectivity index (χ1v) is 5.96. The van der Waals surface area contributed by atoms with Crippen molar-refractivity contribution in [3.8, 4) is 11.6 Å². The summed E-state index contributed by atoms with van der Waals surface area (Å²) < 4.78 is 5.64. The maximum Gasteiger partial charge on any atom is 0.219 e. The van der Waals surface area contributed by atoms with Crippen LogP contribution in [-0.2, 0) is 6.54 Å². The van der Waals surface area contributed by atoms with Gasteiger partial charge in [0, 0.05) is 30.6 Å². The van der Waals surface area contributed by atoms with Crippen LogP contribution in [0.1, 0.15) is 11.3 Å². The summed E-state index contributed by atoms with van der Waals surface area (Å²) in [4.78, 5) is 8.28. The number of hydrogen-bond donors (Lipinski definition) is 1. The van der Waals surface area contributed by atoms with E-state index >= 15 is 0 Å². The zero-order chi connectivity index (χ0) is 13.0.